The van der Waals surface area contributed by atoms with Gasteiger partial charge in [-0.1, -0.05) is 18.2 Å². The van der Waals surface area contributed by atoms with Crippen LogP contribution in [0.25, 0.3) is 10.9 Å². The molecule has 4 nitrogen and oxygen atoms in total. The normalized spacial score (nSPS) is 11.9. The van der Waals surface area contributed by atoms with E-state index in [2.05, 4.69) is 10.3 Å². The van der Waals surface area contributed by atoms with Gasteiger partial charge in [-0.25, -0.2) is 0 Å². The summed E-state index contributed by atoms with van der Waals surface area (Å²) in [7, 11) is 0. The first-order valence-corrected chi connectivity index (χ1v) is 4.99. The van der Waals surface area contributed by atoms with E-state index in [9.17, 15) is 4.79 Å². The van der Waals surface area contributed by atoms with Crippen molar-refractivity contribution in [2.45, 2.75) is 12.5 Å². The SMILES string of the molecule is N#CC(Cc1c[nH]c2ccccc12)NC=O. The molecule has 16 heavy (non-hydrogen) atoms. The third-order valence-corrected chi connectivity index (χ3v) is 2.52. The van der Waals surface area contributed by atoms with E-state index < -0.39 is 6.04 Å². The Morgan fingerprint density at radius 3 is 3.06 bits per heavy atom. The Labute approximate surface area is 92.9 Å². The van der Waals surface area contributed by atoms with Gasteiger partial charge in [0, 0.05) is 23.5 Å². The van der Waals surface area contributed by atoms with Crippen LogP contribution >= 0.6 is 0 Å². The number of aromatic amines is 1. The monoisotopic (exact) mass is 213 g/mol. The van der Waals surface area contributed by atoms with Gasteiger partial charge >= 0.3 is 0 Å². The van der Waals surface area contributed by atoms with Crippen molar-refractivity contribution >= 4 is 17.3 Å². The highest BCUT2D eigenvalue weighted by Gasteiger charge is 2.10. The minimum Gasteiger partial charge on any atom is -0.361 e. The van der Waals surface area contributed by atoms with Gasteiger partial charge < -0.3 is 10.3 Å². The zero-order valence-electron chi connectivity index (χ0n) is 8.60. The molecule has 1 unspecified atom stereocenters. The first kappa shape index (κ1) is 10.2. The predicted octanol–water partition coefficient (Wildman–Crippen LogP) is 1.35. The molecule has 0 radical (unpaired) electrons. The number of nitrogens with zero attached hydrogens (tertiary/aromatic N) is 1. The van der Waals surface area contributed by atoms with Gasteiger partial charge in [-0.2, -0.15) is 5.26 Å². The molecule has 2 aromatic rings. The third-order valence-electron chi connectivity index (χ3n) is 2.52. The number of nitrogens with one attached hydrogen (secondary N) is 2. The van der Waals surface area contributed by atoms with Crippen molar-refractivity contribution in [1.82, 2.24) is 10.3 Å². The topological polar surface area (TPSA) is 68.7 Å². The maximum atomic E-state index is 10.3. The van der Waals surface area contributed by atoms with Crippen LogP contribution in [0.2, 0.25) is 0 Å². The van der Waals surface area contributed by atoms with E-state index in [1.165, 1.54) is 0 Å². The quantitative estimate of drug-likeness (QED) is 0.753. The molecule has 0 saturated carbocycles. The minimum absolute atomic E-state index is 0.475. The van der Waals surface area contributed by atoms with Crippen molar-refractivity contribution in [2.75, 3.05) is 0 Å². The number of fused-ring (bicyclic) bond motifs is 1. The van der Waals surface area contributed by atoms with E-state index in [4.69, 9.17) is 5.26 Å². The summed E-state index contributed by atoms with van der Waals surface area (Å²) < 4.78 is 0. The van der Waals surface area contributed by atoms with Crippen LogP contribution in [0.3, 0.4) is 0 Å². The van der Waals surface area contributed by atoms with Crippen LogP contribution in [-0.2, 0) is 11.2 Å². The van der Waals surface area contributed by atoms with Crippen LogP contribution < -0.4 is 5.32 Å². The average Bonchev–Trinajstić information content (AvgIpc) is 2.72. The zero-order chi connectivity index (χ0) is 11.4. The van der Waals surface area contributed by atoms with E-state index in [1.807, 2.05) is 36.5 Å². The summed E-state index contributed by atoms with van der Waals surface area (Å²) in [6.45, 7) is 0. The molecule has 0 fully saturated rings. The molecule has 1 aromatic heterocycles. The Hall–Kier alpha value is -2.28. The molecule has 0 bridgehead atoms. The number of nitriles is 1. The largest absolute Gasteiger partial charge is 0.361 e. The fourth-order valence-corrected chi connectivity index (χ4v) is 1.74. The molecule has 4 heteroatoms. The lowest BCUT2D eigenvalue weighted by Gasteiger charge is -2.05. The Morgan fingerprint density at radius 2 is 2.31 bits per heavy atom. The molecule has 1 amide bonds. The van der Waals surface area contributed by atoms with E-state index >= 15 is 0 Å². The van der Waals surface area contributed by atoms with Gasteiger partial charge in [-0.3, -0.25) is 4.79 Å². The van der Waals surface area contributed by atoms with E-state index in [0.29, 0.717) is 12.8 Å². The van der Waals surface area contributed by atoms with Crippen molar-refractivity contribution in [3.05, 3.63) is 36.0 Å². The maximum Gasteiger partial charge on any atom is 0.208 e. The van der Waals surface area contributed by atoms with Crippen molar-refractivity contribution in [2.24, 2.45) is 0 Å². The van der Waals surface area contributed by atoms with Crippen molar-refractivity contribution in [1.29, 1.82) is 5.26 Å². The number of hydrogen-bond acceptors (Lipinski definition) is 2. The molecule has 0 spiro atoms. The zero-order valence-corrected chi connectivity index (χ0v) is 8.60. The minimum atomic E-state index is -0.475. The number of carbonyl (C=O) groups excluding carboxylic acids is 1. The van der Waals surface area contributed by atoms with Gasteiger partial charge in [-0.15, -0.1) is 0 Å². The second-order valence-electron chi connectivity index (χ2n) is 3.53. The van der Waals surface area contributed by atoms with Crippen LogP contribution in [0.5, 0.6) is 0 Å². The summed E-state index contributed by atoms with van der Waals surface area (Å²) in [6, 6.07) is 9.46. The van der Waals surface area contributed by atoms with Gasteiger partial charge in [0.05, 0.1) is 6.07 Å². The number of carbonyl (C=O) groups is 1. The number of aromatic nitrogens is 1. The van der Waals surface area contributed by atoms with Crippen LogP contribution in [0.4, 0.5) is 0 Å². The fraction of sp³-hybridized carbons (Fsp3) is 0.167. The van der Waals surface area contributed by atoms with Gasteiger partial charge in [-0.05, 0) is 11.6 Å². The second-order valence-corrected chi connectivity index (χ2v) is 3.53. The van der Waals surface area contributed by atoms with Gasteiger partial charge in [0.15, 0.2) is 0 Å². The lowest BCUT2D eigenvalue weighted by Crippen LogP contribution is -2.28. The van der Waals surface area contributed by atoms with Crippen molar-refractivity contribution < 1.29 is 4.79 Å². The summed E-state index contributed by atoms with van der Waals surface area (Å²) >= 11 is 0. The summed E-state index contributed by atoms with van der Waals surface area (Å²) in [5.41, 5.74) is 2.08. The Balaban J connectivity index is 2.27. The Morgan fingerprint density at radius 1 is 1.50 bits per heavy atom. The molecule has 1 atom stereocenters. The lowest BCUT2D eigenvalue weighted by atomic mass is 10.1. The summed E-state index contributed by atoms with van der Waals surface area (Å²) in [4.78, 5) is 13.4. The molecule has 2 N–H and O–H groups in total. The van der Waals surface area contributed by atoms with Gasteiger partial charge in [0.25, 0.3) is 0 Å². The van der Waals surface area contributed by atoms with Gasteiger partial charge in [0.2, 0.25) is 6.41 Å². The number of rotatable bonds is 4. The molecule has 2 rings (SSSR count). The first-order valence-electron chi connectivity index (χ1n) is 4.99. The van der Waals surface area contributed by atoms with Gasteiger partial charge in [0.1, 0.15) is 6.04 Å². The second kappa shape index (κ2) is 4.49. The van der Waals surface area contributed by atoms with E-state index in [0.717, 1.165) is 16.5 Å². The Bertz CT molecular complexity index is 538. The first-order chi connectivity index (χ1) is 7.85. The highest BCUT2D eigenvalue weighted by atomic mass is 16.1. The predicted molar refractivity (Wildman–Crippen MR) is 60.6 cm³/mol. The molecule has 0 aliphatic carbocycles. The van der Waals surface area contributed by atoms with Crippen LogP contribution in [0.15, 0.2) is 30.5 Å². The molecular weight excluding hydrogens is 202 g/mol. The summed E-state index contributed by atoms with van der Waals surface area (Å²) in [6.07, 6.45) is 2.95. The average molecular weight is 213 g/mol. The van der Waals surface area contributed by atoms with Crippen LogP contribution in [0, 0.1) is 11.3 Å². The van der Waals surface area contributed by atoms with Crippen molar-refractivity contribution in [3.63, 3.8) is 0 Å². The van der Waals surface area contributed by atoms with E-state index in [-0.39, 0.29) is 0 Å². The molecule has 80 valence electrons. The highest BCUT2D eigenvalue weighted by Crippen LogP contribution is 2.18. The lowest BCUT2D eigenvalue weighted by molar-refractivity contribution is -0.109. The third kappa shape index (κ3) is 1.89. The summed E-state index contributed by atoms with van der Waals surface area (Å²) in [5.74, 6) is 0. The molecular formula is C12H11N3O. The number of hydrogen-bond donors (Lipinski definition) is 2. The molecule has 0 aliphatic rings. The maximum absolute atomic E-state index is 10.3. The summed E-state index contributed by atoms with van der Waals surface area (Å²) in [5, 5.41) is 12.4. The molecule has 1 heterocycles. The van der Waals surface area contributed by atoms with Crippen LogP contribution in [0.1, 0.15) is 5.56 Å². The number of benzene rings is 1. The fourth-order valence-electron chi connectivity index (χ4n) is 1.74. The smallest absolute Gasteiger partial charge is 0.208 e. The number of amides is 1. The molecule has 0 saturated heterocycles. The number of para-hydroxylation sites is 1. The van der Waals surface area contributed by atoms with Crippen molar-refractivity contribution in [3.8, 4) is 6.07 Å². The Kier molecular flexibility index (Phi) is 2.88. The van der Waals surface area contributed by atoms with Crippen LogP contribution in [-0.4, -0.2) is 17.4 Å². The molecule has 1 aromatic carbocycles. The molecule has 0 aliphatic heterocycles. The standard InChI is InChI=1S/C12H11N3O/c13-6-10(15-8-16)5-9-7-14-12-4-2-1-3-11(9)12/h1-4,7-8,10,14H,5H2,(H,15,16). The van der Waals surface area contributed by atoms with E-state index in [1.54, 1.807) is 0 Å². The number of H-pyrrole nitrogens is 1. The highest BCUT2D eigenvalue weighted by molar-refractivity contribution is 5.83.